The van der Waals surface area contributed by atoms with Crippen molar-refractivity contribution < 1.29 is 14.4 Å². The molecular formula is C24H34FN2O+. The molecule has 1 aromatic heterocycles. The van der Waals surface area contributed by atoms with Crippen molar-refractivity contribution in [2.45, 2.75) is 57.7 Å². The lowest BCUT2D eigenvalue weighted by Gasteiger charge is -2.37. The number of hydrogen-bond acceptors (Lipinski definition) is 1. The molecule has 1 saturated carbocycles. The first kappa shape index (κ1) is 20.8. The maximum Gasteiger partial charge on any atom is 0.137 e. The number of halogens is 1. The number of hydrogen-bond donors (Lipinski definition) is 2. The van der Waals surface area contributed by atoms with Gasteiger partial charge in [-0.25, -0.2) is 4.39 Å². The van der Waals surface area contributed by atoms with Crippen LogP contribution in [0.3, 0.4) is 0 Å². The molecular weight excluding hydrogens is 351 g/mol. The first-order valence-electron chi connectivity index (χ1n) is 10.5. The Morgan fingerprint density at radius 2 is 2.04 bits per heavy atom. The van der Waals surface area contributed by atoms with Crippen LogP contribution in [-0.2, 0) is 13.1 Å². The van der Waals surface area contributed by atoms with Crippen molar-refractivity contribution in [3.63, 3.8) is 0 Å². The second kappa shape index (κ2) is 9.53. The van der Waals surface area contributed by atoms with Crippen LogP contribution in [0.15, 0.2) is 55.3 Å². The van der Waals surface area contributed by atoms with E-state index in [2.05, 4.69) is 36.4 Å². The Balaban J connectivity index is 1.78. The molecule has 2 N–H and O–H groups in total. The first-order valence-corrected chi connectivity index (χ1v) is 10.5. The summed E-state index contributed by atoms with van der Waals surface area (Å²) >= 11 is 0. The highest BCUT2D eigenvalue weighted by Gasteiger charge is 2.35. The molecule has 4 heteroatoms. The highest BCUT2D eigenvalue weighted by Crippen LogP contribution is 2.22. The molecule has 0 radical (unpaired) electrons. The number of benzene rings is 1. The average Bonchev–Trinajstić information content (AvgIpc) is 3.14. The van der Waals surface area contributed by atoms with Gasteiger partial charge in [-0.3, -0.25) is 0 Å². The summed E-state index contributed by atoms with van der Waals surface area (Å²) < 4.78 is 15.8. The Kier molecular flexibility index (Phi) is 7.08. The van der Waals surface area contributed by atoms with Gasteiger partial charge in [0.15, 0.2) is 0 Å². The lowest BCUT2D eigenvalue weighted by Crippen LogP contribution is -3.19. The van der Waals surface area contributed by atoms with Gasteiger partial charge in [-0.2, -0.15) is 0 Å². The minimum atomic E-state index is -0.370. The fourth-order valence-corrected chi connectivity index (χ4v) is 4.38. The minimum absolute atomic E-state index is 0.0865. The van der Waals surface area contributed by atoms with Gasteiger partial charge in [0.25, 0.3) is 0 Å². The summed E-state index contributed by atoms with van der Waals surface area (Å²) in [5.74, 6) is 0.511. The lowest BCUT2D eigenvalue weighted by atomic mass is 9.87. The number of quaternary nitrogens is 1. The zero-order valence-corrected chi connectivity index (χ0v) is 17.0. The molecule has 2 aromatic rings. The third kappa shape index (κ3) is 5.12. The second-order valence-corrected chi connectivity index (χ2v) is 8.53. The van der Waals surface area contributed by atoms with Crippen molar-refractivity contribution >= 4 is 0 Å². The molecule has 3 rings (SSSR count). The van der Waals surface area contributed by atoms with E-state index >= 15 is 0 Å². The molecule has 152 valence electrons. The van der Waals surface area contributed by atoms with Gasteiger partial charge in [-0.05, 0) is 55.7 Å². The van der Waals surface area contributed by atoms with E-state index in [1.807, 2.05) is 12.1 Å². The predicted molar refractivity (Wildman–Crippen MR) is 112 cm³/mol. The van der Waals surface area contributed by atoms with Crippen LogP contribution in [0.25, 0.3) is 0 Å². The number of nitrogens with zero attached hydrogens (tertiary/aromatic N) is 1. The van der Waals surface area contributed by atoms with Crippen LogP contribution >= 0.6 is 0 Å². The van der Waals surface area contributed by atoms with Gasteiger partial charge in [-0.1, -0.05) is 38.0 Å². The van der Waals surface area contributed by atoms with E-state index in [9.17, 15) is 9.50 Å². The van der Waals surface area contributed by atoms with E-state index in [4.69, 9.17) is 0 Å². The molecule has 0 aliphatic heterocycles. The maximum absolute atomic E-state index is 13.6. The van der Waals surface area contributed by atoms with Crippen LogP contribution < -0.4 is 4.90 Å². The summed E-state index contributed by atoms with van der Waals surface area (Å²) in [5, 5.41) is 10.1. The molecule has 1 aliphatic rings. The second-order valence-electron chi connectivity index (χ2n) is 8.53. The Hall–Kier alpha value is -1.91. The molecule has 1 aromatic carbocycles. The SMILES string of the molecule is C=C[C@](C)(CO)[NH+](Cc1cccn1Cc1cccc(F)c1)CC1CCCCC1. The number of aliphatic hydroxyl groups is 1. The molecule has 28 heavy (non-hydrogen) atoms. The maximum atomic E-state index is 13.6. The van der Waals surface area contributed by atoms with Crippen LogP contribution in [0.5, 0.6) is 0 Å². The summed E-state index contributed by atoms with van der Waals surface area (Å²) in [6.45, 7) is 8.72. The van der Waals surface area contributed by atoms with E-state index < -0.39 is 0 Å². The molecule has 1 aliphatic carbocycles. The Labute approximate surface area is 168 Å². The predicted octanol–water partition coefficient (Wildman–Crippen LogP) is 3.58. The minimum Gasteiger partial charge on any atom is -0.390 e. The highest BCUT2D eigenvalue weighted by atomic mass is 19.1. The van der Waals surface area contributed by atoms with Crippen LogP contribution in [0.2, 0.25) is 0 Å². The van der Waals surface area contributed by atoms with Crippen molar-refractivity contribution in [2.24, 2.45) is 5.92 Å². The number of rotatable bonds is 9. The Bertz CT molecular complexity index is 765. The zero-order chi connectivity index (χ0) is 20.0. The topological polar surface area (TPSA) is 29.6 Å². The fourth-order valence-electron chi connectivity index (χ4n) is 4.38. The molecule has 3 nitrogen and oxygen atoms in total. The third-order valence-corrected chi connectivity index (χ3v) is 6.41. The van der Waals surface area contributed by atoms with E-state index in [1.54, 1.807) is 12.1 Å². The smallest absolute Gasteiger partial charge is 0.137 e. The van der Waals surface area contributed by atoms with Gasteiger partial charge in [-0.15, -0.1) is 0 Å². The van der Waals surface area contributed by atoms with Crippen molar-refractivity contribution in [1.29, 1.82) is 0 Å². The number of aliphatic hydroxyl groups excluding tert-OH is 1. The van der Waals surface area contributed by atoms with Gasteiger partial charge in [0.05, 0.1) is 12.2 Å². The molecule has 0 spiro atoms. The number of nitrogens with one attached hydrogen (secondary N) is 1. The van der Waals surface area contributed by atoms with Crippen LogP contribution in [0.1, 0.15) is 50.3 Å². The Morgan fingerprint density at radius 3 is 2.71 bits per heavy atom. The van der Waals surface area contributed by atoms with Crippen LogP contribution in [0.4, 0.5) is 4.39 Å². The van der Waals surface area contributed by atoms with Crippen LogP contribution in [0, 0.1) is 11.7 Å². The van der Waals surface area contributed by atoms with E-state index in [-0.39, 0.29) is 18.0 Å². The molecule has 0 bridgehead atoms. The average molecular weight is 386 g/mol. The monoisotopic (exact) mass is 385 g/mol. The van der Waals surface area contributed by atoms with Crippen LogP contribution in [-0.4, -0.2) is 28.4 Å². The van der Waals surface area contributed by atoms with Gasteiger partial charge in [0.2, 0.25) is 0 Å². The highest BCUT2D eigenvalue weighted by molar-refractivity contribution is 5.18. The lowest BCUT2D eigenvalue weighted by molar-refractivity contribution is -0.960. The summed E-state index contributed by atoms with van der Waals surface area (Å²) in [7, 11) is 0. The first-order chi connectivity index (χ1) is 13.5. The van der Waals surface area contributed by atoms with Gasteiger partial charge in [0, 0.05) is 18.7 Å². The normalized spacial score (nSPS) is 18.5. The largest absolute Gasteiger partial charge is 0.390 e. The zero-order valence-electron chi connectivity index (χ0n) is 17.0. The number of aromatic nitrogens is 1. The van der Waals surface area contributed by atoms with Gasteiger partial charge in [0.1, 0.15) is 24.5 Å². The molecule has 1 fully saturated rings. The Morgan fingerprint density at radius 1 is 1.25 bits per heavy atom. The van der Waals surface area contributed by atoms with E-state index in [1.165, 1.54) is 48.8 Å². The summed E-state index contributed by atoms with van der Waals surface area (Å²) in [4.78, 5) is 1.36. The fraction of sp³-hybridized carbons (Fsp3) is 0.500. The van der Waals surface area contributed by atoms with Gasteiger partial charge >= 0.3 is 0 Å². The summed E-state index contributed by atoms with van der Waals surface area (Å²) in [5.41, 5.74) is 1.79. The molecule has 0 saturated heterocycles. The summed E-state index contributed by atoms with van der Waals surface area (Å²) in [6.07, 6.45) is 10.5. The van der Waals surface area contributed by atoms with Gasteiger partial charge < -0.3 is 14.6 Å². The molecule has 0 amide bonds. The van der Waals surface area contributed by atoms with Crippen molar-refractivity contribution in [2.75, 3.05) is 13.2 Å². The third-order valence-electron chi connectivity index (χ3n) is 6.41. The van der Waals surface area contributed by atoms with Crippen molar-refractivity contribution in [3.8, 4) is 0 Å². The molecule has 2 atom stereocenters. The molecule has 1 unspecified atom stereocenters. The van der Waals surface area contributed by atoms with E-state index in [0.29, 0.717) is 12.5 Å². The summed E-state index contributed by atoms with van der Waals surface area (Å²) in [6, 6.07) is 11.0. The van der Waals surface area contributed by atoms with E-state index in [0.717, 1.165) is 18.7 Å². The quantitative estimate of drug-likeness (QED) is 0.635. The van der Waals surface area contributed by atoms with Crippen molar-refractivity contribution in [1.82, 2.24) is 4.57 Å². The standard InChI is InChI=1S/C24H33FN2O/c1-3-24(2,19-28)27(17-20-9-5-4-6-10-20)18-23-13-8-14-26(23)16-21-11-7-12-22(25)15-21/h3,7-8,11-15,20,28H,1,4-6,9-10,16-19H2,2H3/p+1/t24-/m1/s1. The van der Waals surface area contributed by atoms with Crippen molar-refractivity contribution in [3.05, 3.63) is 72.3 Å². The molecule has 1 heterocycles.